The molecule has 126 valence electrons. The van der Waals surface area contributed by atoms with Crippen molar-refractivity contribution in [3.05, 3.63) is 41.2 Å². The van der Waals surface area contributed by atoms with Crippen LogP contribution in [0, 0.1) is 5.92 Å². The second kappa shape index (κ2) is 9.91. The van der Waals surface area contributed by atoms with Gasteiger partial charge in [-0.2, -0.15) is 0 Å². The van der Waals surface area contributed by atoms with Crippen molar-refractivity contribution >= 4 is 23.5 Å². The molecule has 2 rings (SSSR count). The van der Waals surface area contributed by atoms with Gasteiger partial charge in [0.2, 0.25) is 0 Å². The highest BCUT2D eigenvalue weighted by molar-refractivity contribution is 6.29. The van der Waals surface area contributed by atoms with Crippen LogP contribution in [0.15, 0.2) is 30.4 Å². The molecule has 1 aromatic rings. The molecule has 23 heavy (non-hydrogen) atoms. The Labute approximate surface area is 138 Å². The molecule has 0 aromatic carbocycles. The number of nitrogens with one attached hydrogen (secondary N) is 1. The first-order valence-electron chi connectivity index (χ1n) is 7.01. The first-order valence-corrected chi connectivity index (χ1v) is 7.39. The number of rotatable bonds is 4. The Bertz CT molecular complexity index is 546. The summed E-state index contributed by atoms with van der Waals surface area (Å²) in [6, 6.07) is 5.12. The predicted molar refractivity (Wildman–Crippen MR) is 83.1 cm³/mol. The molecule has 1 atom stereocenters. The van der Waals surface area contributed by atoms with Crippen molar-refractivity contribution in [2.45, 2.75) is 19.0 Å². The zero-order valence-electron chi connectivity index (χ0n) is 12.3. The third-order valence-electron chi connectivity index (χ3n) is 3.19. The van der Waals surface area contributed by atoms with Crippen molar-refractivity contribution in [3.8, 4) is 0 Å². The lowest BCUT2D eigenvalue weighted by Gasteiger charge is -2.25. The summed E-state index contributed by atoms with van der Waals surface area (Å²) in [6.45, 7) is 1.79. The fourth-order valence-electron chi connectivity index (χ4n) is 2.10. The minimum atomic E-state index is -1.26. The minimum absolute atomic E-state index is 0.0808. The van der Waals surface area contributed by atoms with E-state index in [4.69, 9.17) is 21.8 Å². The summed E-state index contributed by atoms with van der Waals surface area (Å²) in [5.74, 6) is -2.43. The van der Waals surface area contributed by atoms with E-state index >= 15 is 0 Å². The van der Waals surface area contributed by atoms with Gasteiger partial charge in [0.05, 0.1) is 5.69 Å². The number of hydrogen-bond donors (Lipinski definition) is 3. The highest BCUT2D eigenvalue weighted by Gasteiger charge is 2.25. The number of alkyl halides is 1. The Morgan fingerprint density at radius 3 is 2.30 bits per heavy atom. The Morgan fingerprint density at radius 1 is 1.26 bits per heavy atom. The minimum Gasteiger partial charge on any atom is -0.478 e. The van der Waals surface area contributed by atoms with E-state index in [-0.39, 0.29) is 5.92 Å². The lowest BCUT2D eigenvalue weighted by atomic mass is 9.91. The quantitative estimate of drug-likeness (QED) is 0.573. The van der Waals surface area contributed by atoms with Gasteiger partial charge in [0.15, 0.2) is 0 Å². The van der Waals surface area contributed by atoms with Gasteiger partial charge in [0.1, 0.15) is 11.3 Å². The first kappa shape index (κ1) is 19.1. The SMILES string of the molecule is FC(c1cccc(Cl)n1)C1CCNCC1.O=C(O)C=CC(=O)O. The van der Waals surface area contributed by atoms with Crippen LogP contribution in [0.5, 0.6) is 0 Å². The largest absolute Gasteiger partial charge is 0.478 e. The molecule has 0 radical (unpaired) electrons. The van der Waals surface area contributed by atoms with Gasteiger partial charge in [-0.1, -0.05) is 17.7 Å². The second-order valence-corrected chi connectivity index (χ2v) is 5.27. The number of carbonyl (C=O) groups is 2. The average Bonchev–Trinajstić information content (AvgIpc) is 2.54. The van der Waals surface area contributed by atoms with Crippen molar-refractivity contribution in [3.63, 3.8) is 0 Å². The molecule has 1 aromatic heterocycles. The molecule has 0 amide bonds. The first-order chi connectivity index (χ1) is 10.9. The molecule has 1 fully saturated rings. The van der Waals surface area contributed by atoms with Crippen molar-refractivity contribution in [1.82, 2.24) is 10.3 Å². The van der Waals surface area contributed by atoms with Crippen LogP contribution < -0.4 is 5.32 Å². The van der Waals surface area contributed by atoms with Gasteiger partial charge in [-0.3, -0.25) is 0 Å². The molecule has 8 heteroatoms. The number of halogens is 2. The number of hydrogen-bond acceptors (Lipinski definition) is 4. The van der Waals surface area contributed by atoms with E-state index in [2.05, 4.69) is 10.3 Å². The highest BCUT2D eigenvalue weighted by Crippen LogP contribution is 2.31. The zero-order chi connectivity index (χ0) is 17.2. The molecule has 6 nitrogen and oxygen atoms in total. The van der Waals surface area contributed by atoms with E-state index in [0.29, 0.717) is 23.0 Å². The molecule has 0 bridgehead atoms. The standard InChI is InChI=1S/C11H14ClFN2.C4H4O4/c12-10-3-1-2-9(15-10)11(13)8-4-6-14-7-5-8;5-3(6)1-2-4(7)8/h1-3,8,11,14H,4-7H2;1-2H,(H,5,6)(H,7,8). The molecule has 2 heterocycles. The van der Waals surface area contributed by atoms with Crippen molar-refractivity contribution in [1.29, 1.82) is 0 Å². The number of piperidine rings is 1. The maximum absolute atomic E-state index is 14.1. The van der Waals surface area contributed by atoms with E-state index in [1.54, 1.807) is 18.2 Å². The summed E-state index contributed by atoms with van der Waals surface area (Å²) < 4.78 is 14.1. The normalized spacial score (nSPS) is 16.4. The highest BCUT2D eigenvalue weighted by atomic mass is 35.5. The molecule has 0 saturated carbocycles. The lowest BCUT2D eigenvalue weighted by Crippen LogP contribution is -2.30. The summed E-state index contributed by atoms with van der Waals surface area (Å²) in [4.78, 5) is 23.1. The average molecular weight is 345 g/mol. The van der Waals surface area contributed by atoms with Crippen molar-refractivity contribution in [2.75, 3.05) is 13.1 Å². The zero-order valence-corrected chi connectivity index (χ0v) is 13.0. The Hall–Kier alpha value is -1.99. The van der Waals surface area contributed by atoms with Crippen LogP contribution in [0.4, 0.5) is 4.39 Å². The number of carboxylic acids is 2. The van der Waals surface area contributed by atoms with Gasteiger partial charge in [-0.15, -0.1) is 0 Å². The third kappa shape index (κ3) is 7.71. The van der Waals surface area contributed by atoms with Crippen LogP contribution in [-0.2, 0) is 9.59 Å². The predicted octanol–water partition coefficient (Wildman–Crippen LogP) is 2.46. The van der Waals surface area contributed by atoms with E-state index in [0.717, 1.165) is 25.9 Å². The van der Waals surface area contributed by atoms with Crippen molar-refractivity contribution in [2.24, 2.45) is 5.92 Å². The van der Waals surface area contributed by atoms with Gasteiger partial charge in [-0.05, 0) is 44.0 Å². The summed E-state index contributed by atoms with van der Waals surface area (Å²) >= 11 is 5.74. The molecule has 1 saturated heterocycles. The summed E-state index contributed by atoms with van der Waals surface area (Å²) in [5.41, 5.74) is 0.467. The topological polar surface area (TPSA) is 99.5 Å². The van der Waals surface area contributed by atoms with Gasteiger partial charge in [0.25, 0.3) is 0 Å². The lowest BCUT2D eigenvalue weighted by molar-refractivity contribution is -0.134. The van der Waals surface area contributed by atoms with E-state index in [1.807, 2.05) is 0 Å². The fourth-order valence-corrected chi connectivity index (χ4v) is 2.27. The molecule has 1 unspecified atom stereocenters. The fraction of sp³-hybridized carbons (Fsp3) is 0.400. The van der Waals surface area contributed by atoms with Crippen LogP contribution >= 0.6 is 11.6 Å². The molecular weight excluding hydrogens is 327 g/mol. The van der Waals surface area contributed by atoms with Gasteiger partial charge in [-0.25, -0.2) is 19.0 Å². The number of nitrogens with zero attached hydrogens (tertiary/aromatic N) is 1. The van der Waals surface area contributed by atoms with Crippen LogP contribution in [-0.4, -0.2) is 40.2 Å². The number of aromatic nitrogens is 1. The van der Waals surface area contributed by atoms with Crippen LogP contribution in [0.25, 0.3) is 0 Å². The van der Waals surface area contributed by atoms with Crippen LogP contribution in [0.1, 0.15) is 24.7 Å². The second-order valence-electron chi connectivity index (χ2n) is 4.88. The van der Waals surface area contributed by atoms with Gasteiger partial charge in [0, 0.05) is 12.2 Å². The number of pyridine rings is 1. The molecule has 0 spiro atoms. The molecule has 1 aliphatic rings. The van der Waals surface area contributed by atoms with E-state index in [1.165, 1.54) is 0 Å². The Morgan fingerprint density at radius 2 is 1.83 bits per heavy atom. The Kier molecular flexibility index (Phi) is 8.21. The van der Waals surface area contributed by atoms with E-state index < -0.39 is 18.1 Å². The Balaban J connectivity index is 0.000000284. The van der Waals surface area contributed by atoms with Crippen LogP contribution in [0.2, 0.25) is 5.15 Å². The monoisotopic (exact) mass is 344 g/mol. The smallest absolute Gasteiger partial charge is 0.328 e. The maximum Gasteiger partial charge on any atom is 0.328 e. The van der Waals surface area contributed by atoms with Gasteiger partial charge < -0.3 is 15.5 Å². The summed E-state index contributed by atoms with van der Waals surface area (Å²) in [6.07, 6.45) is 1.88. The molecule has 1 aliphatic heterocycles. The van der Waals surface area contributed by atoms with E-state index in [9.17, 15) is 14.0 Å². The molecule has 0 aliphatic carbocycles. The molecule has 3 N–H and O–H groups in total. The van der Waals surface area contributed by atoms with Crippen LogP contribution in [0.3, 0.4) is 0 Å². The summed E-state index contributed by atoms with van der Waals surface area (Å²) in [7, 11) is 0. The van der Waals surface area contributed by atoms with Gasteiger partial charge >= 0.3 is 11.9 Å². The molecular formula is C15H18ClFN2O4. The maximum atomic E-state index is 14.1. The third-order valence-corrected chi connectivity index (χ3v) is 3.40. The number of carboxylic acid groups (broad SMARTS) is 2. The van der Waals surface area contributed by atoms with Crippen molar-refractivity contribution < 1.29 is 24.2 Å². The number of aliphatic carboxylic acids is 2. The summed E-state index contributed by atoms with van der Waals surface area (Å²) in [5, 5.41) is 19.2.